The first-order valence-electron chi connectivity index (χ1n) is 12.0. The molecule has 7 heteroatoms. The summed E-state index contributed by atoms with van der Waals surface area (Å²) in [5.74, 6) is -0.249. The maximum absolute atomic E-state index is 13.5. The van der Waals surface area contributed by atoms with Gasteiger partial charge >= 0.3 is 0 Å². The molecule has 0 saturated heterocycles. The van der Waals surface area contributed by atoms with E-state index in [4.69, 9.17) is 0 Å². The first-order chi connectivity index (χ1) is 17.5. The van der Waals surface area contributed by atoms with E-state index in [1.165, 1.54) is 12.1 Å². The molecular weight excluding hydrogens is 451 g/mol. The van der Waals surface area contributed by atoms with Crippen molar-refractivity contribution in [3.8, 4) is 11.4 Å². The van der Waals surface area contributed by atoms with Crippen LogP contribution >= 0.6 is 0 Å². The summed E-state index contributed by atoms with van der Waals surface area (Å²) in [7, 11) is 0. The van der Waals surface area contributed by atoms with Crippen LogP contribution in [0.2, 0.25) is 0 Å². The number of hydrogen-bond donors (Lipinski definition) is 4. The lowest BCUT2D eigenvalue weighted by Gasteiger charge is -2.15. The van der Waals surface area contributed by atoms with Crippen LogP contribution in [0.15, 0.2) is 79.3 Å². The average Bonchev–Trinajstić information content (AvgIpc) is 3.50. The third kappa shape index (κ3) is 4.47. The van der Waals surface area contributed by atoms with Crippen LogP contribution in [-0.4, -0.2) is 26.2 Å². The Morgan fingerprint density at radius 1 is 1.19 bits per heavy atom. The van der Waals surface area contributed by atoms with Crippen LogP contribution in [0, 0.1) is 5.82 Å². The van der Waals surface area contributed by atoms with Crippen molar-refractivity contribution in [1.82, 2.24) is 30.8 Å². The van der Waals surface area contributed by atoms with Gasteiger partial charge in [0, 0.05) is 51.9 Å². The Morgan fingerprint density at radius 3 is 2.72 bits per heavy atom. The number of pyridine rings is 1. The lowest BCUT2D eigenvalue weighted by Crippen LogP contribution is -2.20. The minimum Gasteiger partial charge on any atom is -0.385 e. The quantitative estimate of drug-likeness (QED) is 0.243. The average molecular weight is 481 g/mol. The Labute approximate surface area is 209 Å². The van der Waals surface area contributed by atoms with E-state index in [-0.39, 0.29) is 5.82 Å². The van der Waals surface area contributed by atoms with Gasteiger partial charge in [-0.2, -0.15) is 5.10 Å². The van der Waals surface area contributed by atoms with E-state index >= 15 is 0 Å². The number of rotatable bonds is 7. The summed E-state index contributed by atoms with van der Waals surface area (Å²) in [6.45, 7) is 10.8. The second-order valence-electron chi connectivity index (χ2n) is 9.06. The van der Waals surface area contributed by atoms with Crippen LogP contribution in [0.1, 0.15) is 43.2 Å². The molecule has 36 heavy (non-hydrogen) atoms. The van der Waals surface area contributed by atoms with E-state index < -0.39 is 0 Å². The molecule has 0 unspecified atom stereocenters. The van der Waals surface area contributed by atoms with Crippen molar-refractivity contribution in [2.45, 2.75) is 33.4 Å². The van der Waals surface area contributed by atoms with Crippen LogP contribution in [0.5, 0.6) is 0 Å². The first kappa shape index (κ1) is 23.4. The number of hydrogen-bond acceptors (Lipinski definition) is 4. The van der Waals surface area contributed by atoms with Crippen molar-refractivity contribution in [2.75, 3.05) is 0 Å². The molecule has 5 rings (SSSR count). The highest BCUT2D eigenvalue weighted by Gasteiger charge is 2.20. The largest absolute Gasteiger partial charge is 0.385 e. The van der Waals surface area contributed by atoms with E-state index in [9.17, 15) is 4.39 Å². The second kappa shape index (κ2) is 9.70. The number of aromatic amines is 2. The van der Waals surface area contributed by atoms with Crippen LogP contribution < -0.4 is 10.6 Å². The summed E-state index contributed by atoms with van der Waals surface area (Å²) in [6.07, 6.45) is 9.78. The highest BCUT2D eigenvalue weighted by Crippen LogP contribution is 2.34. The highest BCUT2D eigenvalue weighted by atomic mass is 19.1. The van der Waals surface area contributed by atoms with Gasteiger partial charge in [0.25, 0.3) is 0 Å². The zero-order valence-electron chi connectivity index (χ0n) is 20.6. The minimum absolute atomic E-state index is 0.249. The zero-order valence-corrected chi connectivity index (χ0v) is 20.6. The van der Waals surface area contributed by atoms with Gasteiger partial charge < -0.3 is 15.6 Å². The first-order valence-corrected chi connectivity index (χ1v) is 12.0. The topological polar surface area (TPSA) is 81.4 Å². The minimum atomic E-state index is -0.249. The molecule has 6 nitrogen and oxygen atoms in total. The van der Waals surface area contributed by atoms with Gasteiger partial charge in [-0.1, -0.05) is 24.8 Å². The smallest absolute Gasteiger partial charge is 0.181 e. The number of nitrogens with zero attached hydrogens (tertiary/aromatic N) is 2. The van der Waals surface area contributed by atoms with E-state index in [2.05, 4.69) is 75.5 Å². The molecule has 0 aliphatic carbocycles. The number of fused-ring (bicyclic) bond motifs is 2. The van der Waals surface area contributed by atoms with Gasteiger partial charge in [0.05, 0.1) is 17.9 Å². The lowest BCUT2D eigenvalue weighted by atomic mass is 9.96. The Morgan fingerprint density at radius 2 is 2.00 bits per heavy atom. The van der Waals surface area contributed by atoms with Crippen LogP contribution in [0.4, 0.5) is 4.39 Å². The Bertz CT molecular complexity index is 1520. The molecule has 0 spiro atoms. The van der Waals surface area contributed by atoms with Gasteiger partial charge in [-0.05, 0) is 68.3 Å². The van der Waals surface area contributed by atoms with Gasteiger partial charge in [0.15, 0.2) is 5.65 Å². The normalized spacial score (nSPS) is 14.0. The maximum Gasteiger partial charge on any atom is 0.181 e. The van der Waals surface area contributed by atoms with Gasteiger partial charge in [-0.3, -0.25) is 5.10 Å². The molecule has 182 valence electrons. The molecule has 0 fully saturated rings. The molecule has 0 amide bonds. The molecule has 4 aromatic rings. The number of aromatic nitrogens is 4. The second-order valence-corrected chi connectivity index (χ2v) is 9.06. The Kier molecular flexibility index (Phi) is 6.29. The van der Waals surface area contributed by atoms with Gasteiger partial charge in [-0.25, -0.2) is 9.37 Å². The highest BCUT2D eigenvalue weighted by molar-refractivity contribution is 5.94. The van der Waals surface area contributed by atoms with Crippen molar-refractivity contribution in [1.29, 1.82) is 0 Å². The SMILES string of the molecule is C=C/C(=C\C(=C/C)c1cnc2n[nH]c(-c3cc4c([nH]3)CNC=C4c3ccc(F)cc3)c2c1)NC(C)C. The Balaban J connectivity index is 1.54. The molecule has 0 bridgehead atoms. The summed E-state index contributed by atoms with van der Waals surface area (Å²) in [5.41, 5.74) is 9.52. The molecule has 1 aromatic carbocycles. The van der Waals surface area contributed by atoms with E-state index in [0.717, 1.165) is 56.0 Å². The van der Waals surface area contributed by atoms with Gasteiger partial charge in [-0.15, -0.1) is 0 Å². The summed E-state index contributed by atoms with van der Waals surface area (Å²) >= 11 is 0. The van der Waals surface area contributed by atoms with E-state index in [1.54, 1.807) is 12.1 Å². The number of H-pyrrole nitrogens is 2. The van der Waals surface area contributed by atoms with Crippen molar-refractivity contribution in [3.63, 3.8) is 0 Å². The van der Waals surface area contributed by atoms with Crippen molar-refractivity contribution in [3.05, 3.63) is 108 Å². The standard InChI is InChI=1S/C29H29FN6/c1-5-18(11-22(6-2)33-17(3)4)20-12-24-28(35-36-29(24)32-14-20)26-13-23-25(15-31-16-27(23)34-26)19-7-9-21(30)10-8-19/h5-15,17,31,33-34H,2,16H2,1,3-4H3,(H,32,35,36)/b18-5+,22-11+. The fourth-order valence-electron chi connectivity index (χ4n) is 4.47. The third-order valence-corrected chi connectivity index (χ3v) is 6.18. The summed E-state index contributed by atoms with van der Waals surface area (Å²) in [6, 6.07) is 11.1. The number of benzene rings is 1. The molecular formula is C29H29FN6. The maximum atomic E-state index is 13.5. The predicted molar refractivity (Wildman–Crippen MR) is 144 cm³/mol. The summed E-state index contributed by atoms with van der Waals surface area (Å²) in [4.78, 5) is 8.15. The molecule has 4 heterocycles. The predicted octanol–water partition coefficient (Wildman–Crippen LogP) is 6.06. The number of allylic oxidation sites excluding steroid dienone is 4. The molecule has 0 radical (unpaired) electrons. The third-order valence-electron chi connectivity index (χ3n) is 6.18. The molecule has 3 aromatic heterocycles. The molecule has 1 aliphatic rings. The summed E-state index contributed by atoms with van der Waals surface area (Å²) in [5, 5.41) is 15.3. The van der Waals surface area contributed by atoms with E-state index in [0.29, 0.717) is 18.2 Å². The van der Waals surface area contributed by atoms with Crippen LogP contribution in [0.25, 0.3) is 33.6 Å². The Hall–Kier alpha value is -4.39. The van der Waals surface area contributed by atoms with Crippen molar-refractivity contribution < 1.29 is 4.39 Å². The van der Waals surface area contributed by atoms with Gasteiger partial charge in [0.1, 0.15) is 5.82 Å². The number of halogens is 1. The molecule has 4 N–H and O–H groups in total. The monoisotopic (exact) mass is 480 g/mol. The van der Waals surface area contributed by atoms with E-state index in [1.807, 2.05) is 25.4 Å². The summed E-state index contributed by atoms with van der Waals surface area (Å²) < 4.78 is 13.5. The van der Waals surface area contributed by atoms with Crippen LogP contribution in [0.3, 0.4) is 0 Å². The fourth-order valence-corrected chi connectivity index (χ4v) is 4.47. The number of nitrogens with one attached hydrogen (secondary N) is 4. The van der Waals surface area contributed by atoms with Crippen LogP contribution in [-0.2, 0) is 6.54 Å². The molecule has 0 saturated carbocycles. The lowest BCUT2D eigenvalue weighted by molar-refractivity contribution is 0.627. The van der Waals surface area contributed by atoms with Crippen molar-refractivity contribution >= 4 is 22.2 Å². The zero-order chi connectivity index (χ0) is 25.2. The van der Waals surface area contributed by atoms with Gasteiger partial charge in [0.2, 0.25) is 0 Å². The van der Waals surface area contributed by atoms with Crippen molar-refractivity contribution in [2.24, 2.45) is 0 Å². The fraction of sp³-hybridized carbons (Fsp3) is 0.172. The molecule has 1 aliphatic heterocycles. The molecule has 0 atom stereocenters.